The minimum Gasteiger partial charge on any atom is -0.258 e. The highest BCUT2D eigenvalue weighted by Crippen LogP contribution is 2.37. The van der Waals surface area contributed by atoms with E-state index in [0.29, 0.717) is 5.69 Å². The van der Waals surface area contributed by atoms with E-state index in [9.17, 15) is 13.2 Å². The molecule has 0 atom stereocenters. The second kappa shape index (κ2) is 5.51. The molecule has 0 fully saturated rings. The van der Waals surface area contributed by atoms with E-state index in [2.05, 4.69) is 4.98 Å². The molecule has 1 aromatic carbocycles. The number of nitriles is 1. The van der Waals surface area contributed by atoms with E-state index in [-0.39, 0.29) is 22.6 Å². The van der Waals surface area contributed by atoms with Crippen LogP contribution in [0.2, 0.25) is 5.02 Å². The third kappa shape index (κ3) is 2.91. The summed E-state index contributed by atoms with van der Waals surface area (Å²) in [6.45, 7) is 0. The lowest BCUT2D eigenvalue weighted by Crippen LogP contribution is -2.07. The molecule has 20 heavy (non-hydrogen) atoms. The van der Waals surface area contributed by atoms with Crippen molar-refractivity contribution >= 4 is 11.6 Å². The van der Waals surface area contributed by atoms with Gasteiger partial charge in [-0.3, -0.25) is 4.98 Å². The van der Waals surface area contributed by atoms with Crippen LogP contribution in [0, 0.1) is 11.3 Å². The third-order valence-corrected chi connectivity index (χ3v) is 3.03. The molecular formula is C14H8ClF3N2. The number of hydrogen-bond donors (Lipinski definition) is 0. The number of benzene rings is 1. The summed E-state index contributed by atoms with van der Waals surface area (Å²) in [6, 6.07) is 8.50. The zero-order chi connectivity index (χ0) is 14.8. The number of pyridine rings is 1. The van der Waals surface area contributed by atoms with Crippen LogP contribution in [-0.4, -0.2) is 4.98 Å². The molecule has 0 bridgehead atoms. The monoisotopic (exact) mass is 296 g/mol. The molecule has 0 aliphatic carbocycles. The van der Waals surface area contributed by atoms with Crippen molar-refractivity contribution in [3.63, 3.8) is 0 Å². The van der Waals surface area contributed by atoms with Crippen molar-refractivity contribution in [2.45, 2.75) is 12.6 Å². The third-order valence-electron chi connectivity index (χ3n) is 2.71. The van der Waals surface area contributed by atoms with Gasteiger partial charge in [0, 0.05) is 11.8 Å². The zero-order valence-corrected chi connectivity index (χ0v) is 10.8. The summed E-state index contributed by atoms with van der Waals surface area (Å²) >= 11 is 5.93. The van der Waals surface area contributed by atoms with Crippen molar-refractivity contribution in [2.75, 3.05) is 0 Å². The van der Waals surface area contributed by atoms with Crippen molar-refractivity contribution in [3.8, 4) is 17.2 Å². The summed E-state index contributed by atoms with van der Waals surface area (Å²) in [7, 11) is 0. The van der Waals surface area contributed by atoms with Crippen LogP contribution in [0.1, 0.15) is 11.3 Å². The molecule has 0 N–H and O–H groups in total. The van der Waals surface area contributed by atoms with Crippen molar-refractivity contribution in [1.82, 2.24) is 4.98 Å². The van der Waals surface area contributed by atoms with Crippen molar-refractivity contribution in [2.24, 2.45) is 0 Å². The highest BCUT2D eigenvalue weighted by molar-refractivity contribution is 6.31. The van der Waals surface area contributed by atoms with Crippen LogP contribution in [0.3, 0.4) is 0 Å². The van der Waals surface area contributed by atoms with Gasteiger partial charge in [-0.25, -0.2) is 0 Å². The van der Waals surface area contributed by atoms with Crippen LogP contribution in [0.15, 0.2) is 36.5 Å². The maximum absolute atomic E-state index is 12.9. The van der Waals surface area contributed by atoms with Crippen molar-refractivity contribution < 1.29 is 13.2 Å². The van der Waals surface area contributed by atoms with Crippen molar-refractivity contribution in [1.29, 1.82) is 5.26 Å². The molecule has 0 unspecified atom stereocenters. The van der Waals surface area contributed by atoms with Crippen LogP contribution in [-0.2, 0) is 12.6 Å². The molecule has 2 rings (SSSR count). The minimum absolute atomic E-state index is 0.0120. The van der Waals surface area contributed by atoms with Crippen LogP contribution >= 0.6 is 11.6 Å². The molecule has 1 aromatic heterocycles. The van der Waals surface area contributed by atoms with E-state index in [4.69, 9.17) is 16.9 Å². The Bertz CT molecular complexity index is 675. The number of aromatic nitrogens is 1. The summed E-state index contributed by atoms with van der Waals surface area (Å²) in [6.07, 6.45) is -3.14. The Balaban J connectivity index is 2.53. The fourth-order valence-corrected chi connectivity index (χ4v) is 2.03. The first-order valence-corrected chi connectivity index (χ1v) is 5.99. The van der Waals surface area contributed by atoms with E-state index in [1.807, 2.05) is 6.07 Å². The van der Waals surface area contributed by atoms with Gasteiger partial charge in [0.25, 0.3) is 0 Å². The summed E-state index contributed by atoms with van der Waals surface area (Å²) in [5.41, 5.74) is -0.115. The summed E-state index contributed by atoms with van der Waals surface area (Å²) in [5.74, 6) is 0. The molecule has 0 radical (unpaired) electrons. The molecule has 0 aliphatic heterocycles. The summed E-state index contributed by atoms with van der Waals surface area (Å²) in [4.78, 5) is 3.95. The number of rotatable bonds is 2. The SMILES string of the molecule is N#CCc1ncc(-c2ccccc2C(F)(F)F)cc1Cl. The molecule has 2 aromatic rings. The van der Waals surface area contributed by atoms with E-state index in [0.717, 1.165) is 6.07 Å². The molecule has 0 aliphatic rings. The number of nitrogens with zero attached hydrogens (tertiary/aromatic N) is 2. The minimum atomic E-state index is -4.45. The second-order valence-electron chi connectivity index (χ2n) is 4.03. The number of halogens is 4. The fourth-order valence-electron chi connectivity index (χ4n) is 1.80. The first-order valence-electron chi connectivity index (χ1n) is 5.61. The lowest BCUT2D eigenvalue weighted by molar-refractivity contribution is -0.137. The van der Waals surface area contributed by atoms with Crippen LogP contribution in [0.5, 0.6) is 0 Å². The zero-order valence-electron chi connectivity index (χ0n) is 10.1. The smallest absolute Gasteiger partial charge is 0.258 e. The molecule has 102 valence electrons. The fraction of sp³-hybridized carbons (Fsp3) is 0.143. The molecule has 0 saturated heterocycles. The Kier molecular flexibility index (Phi) is 3.96. The van der Waals surface area contributed by atoms with Crippen LogP contribution < -0.4 is 0 Å². The highest BCUT2D eigenvalue weighted by Gasteiger charge is 2.33. The lowest BCUT2D eigenvalue weighted by atomic mass is 10.0. The Labute approximate surface area is 118 Å². The maximum atomic E-state index is 12.9. The van der Waals surface area contributed by atoms with Gasteiger partial charge in [-0.15, -0.1) is 0 Å². The topological polar surface area (TPSA) is 36.7 Å². The predicted octanol–water partition coefficient (Wildman–Crippen LogP) is 4.49. The maximum Gasteiger partial charge on any atom is 0.417 e. The standard InChI is InChI=1S/C14H8ClF3N2/c15-12-7-9(8-20-13(12)5-6-19)10-3-1-2-4-11(10)14(16,17)18/h1-4,7-8H,5H2. The van der Waals surface area contributed by atoms with Crippen molar-refractivity contribution in [3.05, 3.63) is 52.8 Å². The molecule has 2 nitrogen and oxygen atoms in total. The second-order valence-corrected chi connectivity index (χ2v) is 4.44. The predicted molar refractivity (Wildman–Crippen MR) is 69.0 cm³/mol. The van der Waals surface area contributed by atoms with Gasteiger partial charge in [0.2, 0.25) is 0 Å². The van der Waals surface area contributed by atoms with E-state index < -0.39 is 11.7 Å². The normalized spacial score (nSPS) is 11.2. The Hall–Kier alpha value is -2.06. The highest BCUT2D eigenvalue weighted by atomic mass is 35.5. The molecule has 0 spiro atoms. The van der Waals surface area contributed by atoms with Crippen LogP contribution in [0.25, 0.3) is 11.1 Å². The van der Waals surface area contributed by atoms with Gasteiger partial charge in [0.1, 0.15) is 0 Å². The number of alkyl halides is 3. The van der Waals surface area contributed by atoms with Crippen LogP contribution in [0.4, 0.5) is 13.2 Å². The van der Waals surface area contributed by atoms with E-state index >= 15 is 0 Å². The molecule has 0 amide bonds. The number of hydrogen-bond acceptors (Lipinski definition) is 2. The average molecular weight is 297 g/mol. The average Bonchev–Trinajstić information content (AvgIpc) is 2.40. The molecule has 6 heteroatoms. The van der Waals surface area contributed by atoms with Gasteiger partial charge in [-0.05, 0) is 17.7 Å². The van der Waals surface area contributed by atoms with Gasteiger partial charge in [-0.1, -0.05) is 29.8 Å². The van der Waals surface area contributed by atoms with Gasteiger partial charge in [0.15, 0.2) is 0 Å². The molecule has 0 saturated carbocycles. The largest absolute Gasteiger partial charge is 0.417 e. The molecule has 1 heterocycles. The Morgan fingerprint density at radius 2 is 1.95 bits per heavy atom. The molecular weight excluding hydrogens is 289 g/mol. The lowest BCUT2D eigenvalue weighted by Gasteiger charge is -2.13. The van der Waals surface area contributed by atoms with E-state index in [1.165, 1.54) is 30.5 Å². The summed E-state index contributed by atoms with van der Waals surface area (Å²) < 4.78 is 38.8. The van der Waals surface area contributed by atoms with Gasteiger partial charge in [0.05, 0.1) is 28.8 Å². The Morgan fingerprint density at radius 1 is 1.25 bits per heavy atom. The summed E-state index contributed by atoms with van der Waals surface area (Å²) in [5, 5.41) is 8.77. The van der Waals surface area contributed by atoms with Gasteiger partial charge in [-0.2, -0.15) is 18.4 Å². The van der Waals surface area contributed by atoms with Gasteiger partial charge < -0.3 is 0 Å². The quantitative estimate of drug-likeness (QED) is 0.819. The first-order chi connectivity index (χ1) is 9.43. The van der Waals surface area contributed by atoms with Gasteiger partial charge >= 0.3 is 6.18 Å². The first kappa shape index (κ1) is 14.4. The van der Waals surface area contributed by atoms with E-state index in [1.54, 1.807) is 0 Å². The Morgan fingerprint density at radius 3 is 2.55 bits per heavy atom.